The third kappa shape index (κ3) is 4.70. The second-order valence-electron chi connectivity index (χ2n) is 6.12. The molecular weight excluding hydrogens is 330 g/mol. The van der Waals surface area contributed by atoms with Crippen molar-refractivity contribution in [1.82, 2.24) is 4.98 Å². The fourth-order valence-electron chi connectivity index (χ4n) is 1.87. The normalized spacial score (nSPS) is 11.0. The highest BCUT2D eigenvalue weighted by Crippen LogP contribution is 2.19. The molecule has 24 heavy (non-hydrogen) atoms. The summed E-state index contributed by atoms with van der Waals surface area (Å²) in [5, 5.41) is 3.08. The molecule has 2 rings (SSSR count). The number of esters is 1. The van der Waals surface area contributed by atoms with Crippen LogP contribution < -0.4 is 11.1 Å². The predicted molar refractivity (Wildman–Crippen MR) is 93.2 cm³/mol. The first-order chi connectivity index (χ1) is 11.2. The average Bonchev–Trinajstić information content (AvgIpc) is 2.47. The molecule has 126 valence electrons. The lowest BCUT2D eigenvalue weighted by atomic mass is 10.1. The molecular formula is C17H18ClN3O3. The van der Waals surface area contributed by atoms with Gasteiger partial charge in [0.05, 0.1) is 16.1 Å². The van der Waals surface area contributed by atoms with Gasteiger partial charge in [0.2, 0.25) is 0 Å². The van der Waals surface area contributed by atoms with Crippen LogP contribution in [0.4, 0.5) is 11.5 Å². The number of nitrogen functional groups attached to an aromatic ring is 1. The van der Waals surface area contributed by atoms with Gasteiger partial charge in [0.15, 0.2) is 0 Å². The minimum absolute atomic E-state index is 0.171. The van der Waals surface area contributed by atoms with Crippen molar-refractivity contribution in [3.05, 3.63) is 52.7 Å². The van der Waals surface area contributed by atoms with Gasteiger partial charge >= 0.3 is 5.97 Å². The summed E-state index contributed by atoms with van der Waals surface area (Å²) in [7, 11) is 0. The van der Waals surface area contributed by atoms with Crippen molar-refractivity contribution in [2.24, 2.45) is 0 Å². The first kappa shape index (κ1) is 17.7. The fourth-order valence-corrected chi connectivity index (χ4v) is 1.98. The summed E-state index contributed by atoms with van der Waals surface area (Å²) in [6, 6.07) is 7.57. The van der Waals surface area contributed by atoms with Gasteiger partial charge in [0.25, 0.3) is 5.91 Å². The average molecular weight is 348 g/mol. The number of hydrogen-bond donors (Lipinski definition) is 2. The van der Waals surface area contributed by atoms with Crippen LogP contribution in [-0.2, 0) is 4.74 Å². The predicted octanol–water partition coefficient (Wildman–Crippen LogP) is 3.52. The topological polar surface area (TPSA) is 94.3 Å². The zero-order chi connectivity index (χ0) is 17.9. The monoisotopic (exact) mass is 347 g/mol. The summed E-state index contributed by atoms with van der Waals surface area (Å²) in [5.74, 6) is -0.585. The lowest BCUT2D eigenvalue weighted by Gasteiger charge is -2.19. The van der Waals surface area contributed by atoms with Gasteiger partial charge in [-0.05, 0) is 51.1 Å². The number of nitrogens with zero attached hydrogens (tertiary/aromatic N) is 1. The van der Waals surface area contributed by atoms with Gasteiger partial charge in [-0.1, -0.05) is 11.6 Å². The van der Waals surface area contributed by atoms with E-state index < -0.39 is 17.5 Å². The molecule has 0 saturated carbocycles. The number of carbonyl (C=O) groups is 2. The molecule has 0 atom stereocenters. The first-order valence-corrected chi connectivity index (χ1v) is 7.59. The maximum Gasteiger partial charge on any atom is 0.338 e. The lowest BCUT2D eigenvalue weighted by molar-refractivity contribution is 0.00694. The van der Waals surface area contributed by atoms with Crippen LogP contribution in [0, 0.1) is 0 Å². The van der Waals surface area contributed by atoms with Crippen LogP contribution >= 0.6 is 11.6 Å². The van der Waals surface area contributed by atoms with E-state index in [1.54, 1.807) is 32.9 Å². The number of halogens is 1. The van der Waals surface area contributed by atoms with E-state index in [0.29, 0.717) is 10.8 Å². The molecule has 0 aliphatic heterocycles. The summed E-state index contributed by atoms with van der Waals surface area (Å²) < 4.78 is 5.27. The second kappa shape index (κ2) is 6.88. The zero-order valence-corrected chi connectivity index (χ0v) is 14.3. The summed E-state index contributed by atoms with van der Waals surface area (Å²) in [5.41, 5.74) is 5.97. The number of anilines is 2. The maximum atomic E-state index is 12.2. The number of nitrogens with two attached hydrogens (primary N) is 1. The van der Waals surface area contributed by atoms with Crippen molar-refractivity contribution in [3.63, 3.8) is 0 Å². The van der Waals surface area contributed by atoms with E-state index in [0.717, 1.165) is 0 Å². The quantitative estimate of drug-likeness (QED) is 0.654. The third-order valence-electron chi connectivity index (χ3n) is 2.90. The van der Waals surface area contributed by atoms with Crippen molar-refractivity contribution in [3.8, 4) is 0 Å². The van der Waals surface area contributed by atoms with E-state index in [-0.39, 0.29) is 16.8 Å². The van der Waals surface area contributed by atoms with Crippen molar-refractivity contribution in [2.45, 2.75) is 26.4 Å². The van der Waals surface area contributed by atoms with Crippen LogP contribution in [0.5, 0.6) is 0 Å². The van der Waals surface area contributed by atoms with E-state index in [1.807, 2.05) is 0 Å². The van der Waals surface area contributed by atoms with Gasteiger partial charge in [-0.3, -0.25) is 4.79 Å². The molecule has 0 unspecified atom stereocenters. The largest absolute Gasteiger partial charge is 0.456 e. The number of ether oxygens (including phenoxy) is 1. The Balaban J connectivity index is 2.15. The van der Waals surface area contributed by atoms with Crippen LogP contribution in [0.15, 0.2) is 36.5 Å². The molecule has 0 spiro atoms. The van der Waals surface area contributed by atoms with Gasteiger partial charge in [0.1, 0.15) is 11.4 Å². The molecule has 0 aliphatic rings. The standard InChI is InChI=1S/C17H18ClN3O3/c1-17(2,3)24-16(23)10-4-6-12(13(19)8-10)15(22)21-14-7-5-11(18)9-20-14/h4-9H,19H2,1-3H3,(H,20,21,22). The summed E-state index contributed by atoms with van der Waals surface area (Å²) in [4.78, 5) is 28.2. The Labute approximate surface area is 145 Å². The minimum Gasteiger partial charge on any atom is -0.456 e. The molecule has 0 saturated heterocycles. The van der Waals surface area contributed by atoms with Crippen molar-refractivity contribution >= 4 is 35.0 Å². The Hall–Kier alpha value is -2.60. The Morgan fingerprint density at radius 3 is 2.46 bits per heavy atom. The zero-order valence-electron chi connectivity index (χ0n) is 13.6. The molecule has 2 aromatic rings. The van der Waals surface area contributed by atoms with E-state index in [2.05, 4.69) is 10.3 Å². The number of rotatable bonds is 3. The van der Waals surface area contributed by atoms with Crippen molar-refractivity contribution in [2.75, 3.05) is 11.1 Å². The summed E-state index contributed by atoms with van der Waals surface area (Å²) in [6.07, 6.45) is 1.42. The van der Waals surface area contributed by atoms with Gasteiger partial charge in [0, 0.05) is 11.9 Å². The van der Waals surface area contributed by atoms with E-state index >= 15 is 0 Å². The molecule has 1 aromatic heterocycles. The number of amides is 1. The Morgan fingerprint density at radius 1 is 1.21 bits per heavy atom. The van der Waals surface area contributed by atoms with Crippen LogP contribution in [0.25, 0.3) is 0 Å². The fraction of sp³-hybridized carbons (Fsp3) is 0.235. The smallest absolute Gasteiger partial charge is 0.338 e. The Bertz CT molecular complexity index is 768. The van der Waals surface area contributed by atoms with Crippen molar-refractivity contribution in [1.29, 1.82) is 0 Å². The highest BCUT2D eigenvalue weighted by atomic mass is 35.5. The van der Waals surface area contributed by atoms with E-state index in [9.17, 15) is 9.59 Å². The van der Waals surface area contributed by atoms with Crippen LogP contribution in [0.3, 0.4) is 0 Å². The Kier molecular flexibility index (Phi) is 5.09. The number of hydrogen-bond acceptors (Lipinski definition) is 5. The highest BCUT2D eigenvalue weighted by Gasteiger charge is 2.19. The summed E-state index contributed by atoms with van der Waals surface area (Å²) in [6.45, 7) is 5.32. The molecule has 0 bridgehead atoms. The molecule has 1 aromatic carbocycles. The number of pyridine rings is 1. The van der Waals surface area contributed by atoms with Crippen LogP contribution in [-0.4, -0.2) is 22.5 Å². The molecule has 7 heteroatoms. The van der Waals surface area contributed by atoms with Gasteiger partial charge in [-0.15, -0.1) is 0 Å². The molecule has 1 amide bonds. The number of nitrogens with one attached hydrogen (secondary N) is 1. The van der Waals surface area contributed by atoms with E-state index in [4.69, 9.17) is 22.1 Å². The molecule has 3 N–H and O–H groups in total. The van der Waals surface area contributed by atoms with Crippen LogP contribution in [0.2, 0.25) is 5.02 Å². The number of aromatic nitrogens is 1. The molecule has 0 radical (unpaired) electrons. The minimum atomic E-state index is -0.609. The molecule has 0 fully saturated rings. The molecule has 1 heterocycles. The summed E-state index contributed by atoms with van der Waals surface area (Å²) >= 11 is 5.74. The number of benzene rings is 1. The van der Waals surface area contributed by atoms with Crippen LogP contribution in [0.1, 0.15) is 41.5 Å². The number of carbonyl (C=O) groups excluding carboxylic acids is 2. The first-order valence-electron chi connectivity index (χ1n) is 7.21. The second-order valence-corrected chi connectivity index (χ2v) is 6.56. The highest BCUT2D eigenvalue weighted by molar-refractivity contribution is 6.30. The maximum absolute atomic E-state index is 12.2. The SMILES string of the molecule is CC(C)(C)OC(=O)c1ccc(C(=O)Nc2ccc(Cl)cn2)c(N)c1. The van der Waals surface area contributed by atoms with Gasteiger partial charge in [-0.25, -0.2) is 9.78 Å². The van der Waals surface area contributed by atoms with Gasteiger partial charge in [-0.2, -0.15) is 0 Å². The van der Waals surface area contributed by atoms with E-state index in [1.165, 1.54) is 24.4 Å². The van der Waals surface area contributed by atoms with Crippen molar-refractivity contribution < 1.29 is 14.3 Å². The lowest BCUT2D eigenvalue weighted by Crippen LogP contribution is -2.24. The Morgan fingerprint density at radius 2 is 1.92 bits per heavy atom. The van der Waals surface area contributed by atoms with Gasteiger partial charge < -0.3 is 15.8 Å². The third-order valence-corrected chi connectivity index (χ3v) is 3.12. The molecule has 0 aliphatic carbocycles. The molecule has 6 nitrogen and oxygen atoms in total.